The van der Waals surface area contributed by atoms with Gasteiger partial charge < -0.3 is 24.8 Å². The van der Waals surface area contributed by atoms with Gasteiger partial charge in [-0.3, -0.25) is 4.79 Å². The molecule has 1 aromatic heterocycles. The molecule has 1 heterocycles. The number of phenolic OH excluding ortho intramolecular Hbond substituents is 4. The molecule has 3 rings (SSSR count). The summed E-state index contributed by atoms with van der Waals surface area (Å²) in [6.45, 7) is 1.63. The first-order valence-electron chi connectivity index (χ1n) is 7.18. The van der Waals surface area contributed by atoms with Crippen LogP contribution in [0.15, 0.2) is 39.9 Å². The van der Waals surface area contributed by atoms with Crippen LogP contribution in [-0.2, 0) is 0 Å². The van der Waals surface area contributed by atoms with Crippen molar-refractivity contribution in [2.75, 3.05) is 0 Å². The summed E-state index contributed by atoms with van der Waals surface area (Å²) in [6.07, 6.45) is 1.10. The highest BCUT2D eigenvalue weighted by atomic mass is 16.4. The largest absolute Gasteiger partial charge is 0.507 e. The van der Waals surface area contributed by atoms with E-state index in [1.165, 1.54) is 18.2 Å². The predicted octanol–water partition coefficient (Wildman–Crippen LogP) is 2.33. The lowest BCUT2D eigenvalue weighted by Crippen LogP contribution is -2.17. The standard InChI is InChI=1S/C17H14N2O6/c1-8-13-10(20)3-2-4-12(13)25-16(8)17(24)19-18-7-9-5-6-11(21)15(23)14(9)22/h2-7,20-23H,1H3,(H,19,24)/b18-7+. The van der Waals surface area contributed by atoms with Crippen molar-refractivity contribution in [3.8, 4) is 23.0 Å². The molecule has 0 aliphatic heterocycles. The summed E-state index contributed by atoms with van der Waals surface area (Å²) < 4.78 is 5.43. The van der Waals surface area contributed by atoms with Crippen LogP contribution in [0.2, 0.25) is 0 Å². The van der Waals surface area contributed by atoms with Crippen LogP contribution >= 0.6 is 0 Å². The maximum absolute atomic E-state index is 12.2. The number of carbonyl (C=O) groups excluding carboxylic acids is 1. The summed E-state index contributed by atoms with van der Waals surface area (Å²) in [6, 6.07) is 7.19. The Hall–Kier alpha value is -3.68. The van der Waals surface area contributed by atoms with Crippen molar-refractivity contribution < 1.29 is 29.6 Å². The number of aryl methyl sites for hydroxylation is 1. The number of rotatable bonds is 3. The number of aromatic hydroxyl groups is 4. The molecule has 0 unspecified atom stereocenters. The van der Waals surface area contributed by atoms with E-state index >= 15 is 0 Å². The summed E-state index contributed by atoms with van der Waals surface area (Å²) in [7, 11) is 0. The first-order valence-corrected chi connectivity index (χ1v) is 7.18. The molecule has 0 bridgehead atoms. The van der Waals surface area contributed by atoms with Crippen LogP contribution < -0.4 is 5.43 Å². The van der Waals surface area contributed by atoms with Crippen LogP contribution in [0.25, 0.3) is 11.0 Å². The van der Waals surface area contributed by atoms with Crippen molar-refractivity contribution in [3.63, 3.8) is 0 Å². The summed E-state index contributed by atoms with van der Waals surface area (Å²) in [5, 5.41) is 42.3. The third-order valence-electron chi connectivity index (χ3n) is 3.67. The zero-order valence-corrected chi connectivity index (χ0v) is 13.0. The highest BCUT2D eigenvalue weighted by Gasteiger charge is 2.19. The van der Waals surface area contributed by atoms with Gasteiger partial charge >= 0.3 is 5.91 Å². The quantitative estimate of drug-likeness (QED) is 0.282. The molecule has 0 radical (unpaired) electrons. The normalized spacial score (nSPS) is 11.2. The predicted molar refractivity (Wildman–Crippen MR) is 89.1 cm³/mol. The van der Waals surface area contributed by atoms with E-state index in [4.69, 9.17) is 4.42 Å². The van der Waals surface area contributed by atoms with Crippen LogP contribution in [0.5, 0.6) is 23.0 Å². The number of carbonyl (C=O) groups is 1. The lowest BCUT2D eigenvalue weighted by Gasteiger charge is -2.03. The number of nitrogens with zero attached hydrogens (tertiary/aromatic N) is 1. The molecule has 8 heteroatoms. The van der Waals surface area contributed by atoms with E-state index in [0.717, 1.165) is 6.21 Å². The number of benzene rings is 2. The van der Waals surface area contributed by atoms with E-state index in [2.05, 4.69) is 10.5 Å². The van der Waals surface area contributed by atoms with E-state index in [1.807, 2.05) is 0 Å². The second kappa shape index (κ2) is 6.08. The Morgan fingerprint density at radius 1 is 1.08 bits per heavy atom. The molecule has 3 aromatic rings. The molecule has 8 nitrogen and oxygen atoms in total. The molecule has 0 saturated carbocycles. The Morgan fingerprint density at radius 2 is 1.84 bits per heavy atom. The second-order valence-electron chi connectivity index (χ2n) is 5.28. The van der Waals surface area contributed by atoms with Gasteiger partial charge in [0.05, 0.1) is 11.6 Å². The van der Waals surface area contributed by atoms with Crippen molar-refractivity contribution in [2.45, 2.75) is 6.92 Å². The number of hydrogen-bond donors (Lipinski definition) is 5. The number of nitrogens with one attached hydrogen (secondary N) is 1. The number of hydrazone groups is 1. The van der Waals surface area contributed by atoms with Gasteiger partial charge in [0.25, 0.3) is 0 Å². The molecule has 2 aromatic carbocycles. The minimum absolute atomic E-state index is 0.00536. The number of furan rings is 1. The number of amides is 1. The van der Waals surface area contributed by atoms with Gasteiger partial charge in [-0.2, -0.15) is 5.10 Å². The van der Waals surface area contributed by atoms with Gasteiger partial charge in [0.2, 0.25) is 5.75 Å². The third-order valence-corrected chi connectivity index (χ3v) is 3.67. The smallest absolute Gasteiger partial charge is 0.307 e. The van der Waals surface area contributed by atoms with Gasteiger partial charge in [0.15, 0.2) is 17.3 Å². The van der Waals surface area contributed by atoms with Crippen molar-refractivity contribution in [2.24, 2.45) is 5.10 Å². The molecule has 0 aliphatic rings. The van der Waals surface area contributed by atoms with E-state index in [9.17, 15) is 25.2 Å². The van der Waals surface area contributed by atoms with Crippen LogP contribution in [-0.4, -0.2) is 32.5 Å². The average molecular weight is 342 g/mol. The lowest BCUT2D eigenvalue weighted by molar-refractivity contribution is 0.0928. The summed E-state index contributed by atoms with van der Waals surface area (Å²) >= 11 is 0. The lowest BCUT2D eigenvalue weighted by atomic mass is 10.1. The van der Waals surface area contributed by atoms with Crippen LogP contribution in [0.3, 0.4) is 0 Å². The maximum atomic E-state index is 12.2. The van der Waals surface area contributed by atoms with Gasteiger partial charge in [-0.05, 0) is 31.2 Å². The number of hydrogen-bond acceptors (Lipinski definition) is 7. The van der Waals surface area contributed by atoms with Crippen LogP contribution in [0, 0.1) is 6.92 Å². The monoisotopic (exact) mass is 342 g/mol. The molecule has 25 heavy (non-hydrogen) atoms. The first-order chi connectivity index (χ1) is 11.9. The average Bonchev–Trinajstić information content (AvgIpc) is 2.93. The minimum Gasteiger partial charge on any atom is -0.507 e. The van der Waals surface area contributed by atoms with Crippen LogP contribution in [0.1, 0.15) is 21.7 Å². The number of fused-ring (bicyclic) bond motifs is 1. The topological polar surface area (TPSA) is 136 Å². The molecular formula is C17H14N2O6. The molecule has 0 fully saturated rings. The summed E-state index contributed by atoms with van der Waals surface area (Å²) in [5.74, 6) is -2.37. The van der Waals surface area contributed by atoms with Crippen molar-refractivity contribution >= 4 is 23.1 Å². The molecule has 5 N–H and O–H groups in total. The molecule has 0 saturated heterocycles. The molecule has 1 amide bonds. The zero-order valence-electron chi connectivity index (χ0n) is 13.0. The molecular weight excluding hydrogens is 328 g/mol. The van der Waals surface area contributed by atoms with Gasteiger partial charge in [-0.1, -0.05) is 6.07 Å². The van der Waals surface area contributed by atoms with Crippen molar-refractivity contribution in [1.29, 1.82) is 0 Å². The maximum Gasteiger partial charge on any atom is 0.307 e. The third kappa shape index (κ3) is 2.80. The van der Waals surface area contributed by atoms with Gasteiger partial charge in [-0.25, -0.2) is 5.43 Å². The van der Waals surface area contributed by atoms with Gasteiger partial charge in [0, 0.05) is 11.1 Å². The van der Waals surface area contributed by atoms with E-state index in [1.54, 1.807) is 19.1 Å². The van der Waals surface area contributed by atoms with E-state index < -0.39 is 23.2 Å². The Kier molecular flexibility index (Phi) is 3.94. The Balaban J connectivity index is 1.83. The highest BCUT2D eigenvalue weighted by molar-refractivity contribution is 6.01. The molecule has 0 atom stereocenters. The minimum atomic E-state index is -0.682. The second-order valence-corrected chi connectivity index (χ2v) is 5.28. The van der Waals surface area contributed by atoms with Gasteiger partial charge in [0.1, 0.15) is 11.3 Å². The SMILES string of the molecule is Cc1c(C(=O)N/N=C/c2ccc(O)c(O)c2O)oc2cccc(O)c12. The Morgan fingerprint density at radius 3 is 2.56 bits per heavy atom. The summed E-state index contributed by atoms with van der Waals surface area (Å²) in [4.78, 5) is 12.2. The molecule has 128 valence electrons. The van der Waals surface area contributed by atoms with Crippen LogP contribution in [0.4, 0.5) is 0 Å². The summed E-state index contributed by atoms with van der Waals surface area (Å²) in [5.41, 5.74) is 3.15. The molecule has 0 aliphatic carbocycles. The fourth-order valence-electron chi connectivity index (χ4n) is 2.40. The number of phenols is 4. The fraction of sp³-hybridized carbons (Fsp3) is 0.0588. The zero-order chi connectivity index (χ0) is 18.1. The molecule has 0 spiro atoms. The van der Waals surface area contributed by atoms with Gasteiger partial charge in [-0.15, -0.1) is 0 Å². The Labute approximate surface area is 141 Å². The first kappa shape index (κ1) is 16.2. The van der Waals surface area contributed by atoms with Crippen molar-refractivity contribution in [3.05, 3.63) is 47.2 Å². The highest BCUT2D eigenvalue weighted by Crippen LogP contribution is 2.36. The Bertz CT molecular complexity index is 1010. The van der Waals surface area contributed by atoms with E-state index in [0.29, 0.717) is 16.5 Å². The fourth-order valence-corrected chi connectivity index (χ4v) is 2.40. The van der Waals surface area contributed by atoms with E-state index in [-0.39, 0.29) is 17.1 Å². The van der Waals surface area contributed by atoms with Crippen molar-refractivity contribution in [1.82, 2.24) is 5.43 Å².